The van der Waals surface area contributed by atoms with Gasteiger partial charge in [0, 0.05) is 41.7 Å². The van der Waals surface area contributed by atoms with Crippen molar-refractivity contribution in [2.45, 2.75) is 63.1 Å². The van der Waals surface area contributed by atoms with E-state index >= 15 is 0 Å². The number of para-hydroxylation sites is 1. The van der Waals surface area contributed by atoms with Crippen LogP contribution in [0.4, 0.5) is 5.69 Å². The normalized spacial score (nSPS) is 15.2. The number of aromatic nitrogens is 1. The molecule has 1 aromatic heterocycles. The zero-order valence-electron chi connectivity index (χ0n) is 23.7. The van der Waals surface area contributed by atoms with Gasteiger partial charge in [-0.15, -0.1) is 0 Å². The number of fused-ring (bicyclic) bond motifs is 1. The lowest BCUT2D eigenvalue weighted by Gasteiger charge is -2.29. The fourth-order valence-corrected chi connectivity index (χ4v) is 5.73. The molecule has 5 rings (SSSR count). The van der Waals surface area contributed by atoms with Crippen molar-refractivity contribution in [1.82, 2.24) is 15.6 Å². The number of non-ortho nitro benzene ring substituents is 1. The van der Waals surface area contributed by atoms with E-state index in [1.165, 1.54) is 12.1 Å². The zero-order valence-corrected chi connectivity index (χ0v) is 23.7. The van der Waals surface area contributed by atoms with E-state index in [9.17, 15) is 19.7 Å². The molecule has 1 amide bonds. The fraction of sp³-hybridized carbons (Fsp3) is 0.333. The van der Waals surface area contributed by atoms with Crippen molar-refractivity contribution < 1.29 is 19.2 Å². The number of nitrogens with zero attached hydrogens (tertiary/aromatic N) is 1. The molecule has 3 N–H and O–H groups in total. The molecule has 3 aromatic carbocycles. The number of hydrogen-bond acceptors (Lipinski definition) is 6. The third-order valence-corrected chi connectivity index (χ3v) is 8.02. The standard InChI is InChI=1S/C33H36N4O5/c1-42-27-11-7-8-22(18-27)19-30(31(38)20-24-21-34-29-13-6-5-12-28(24)29)36-32(23-14-16-26(17-15-23)37(40)41)33(39)35-25-9-3-2-4-10-25/h5-8,11-18,21,25,30,32,34,36H,2-4,9-10,19-20H2,1H3,(H,35,39). The molecule has 42 heavy (non-hydrogen) atoms. The summed E-state index contributed by atoms with van der Waals surface area (Å²) in [6, 6.07) is 19.8. The molecule has 0 radical (unpaired) electrons. The number of rotatable bonds is 12. The molecule has 0 aliphatic heterocycles. The van der Waals surface area contributed by atoms with Crippen molar-refractivity contribution >= 4 is 28.3 Å². The highest BCUT2D eigenvalue weighted by molar-refractivity contribution is 5.93. The topological polar surface area (TPSA) is 126 Å². The molecule has 0 spiro atoms. The van der Waals surface area contributed by atoms with Crippen LogP contribution in [0.25, 0.3) is 10.9 Å². The van der Waals surface area contributed by atoms with Gasteiger partial charge in [-0.25, -0.2) is 0 Å². The van der Waals surface area contributed by atoms with Crippen molar-refractivity contribution in [3.8, 4) is 5.75 Å². The third-order valence-electron chi connectivity index (χ3n) is 8.02. The highest BCUT2D eigenvalue weighted by Gasteiger charge is 2.30. The number of nitro benzene ring substituents is 1. The first-order valence-electron chi connectivity index (χ1n) is 14.4. The molecule has 218 valence electrons. The van der Waals surface area contributed by atoms with E-state index in [2.05, 4.69) is 15.6 Å². The molecular formula is C33H36N4O5. The number of ether oxygens (including phenoxy) is 1. The van der Waals surface area contributed by atoms with Crippen LogP contribution < -0.4 is 15.4 Å². The van der Waals surface area contributed by atoms with Crippen molar-refractivity contribution in [2.24, 2.45) is 0 Å². The van der Waals surface area contributed by atoms with Gasteiger partial charge in [0.2, 0.25) is 5.91 Å². The number of ketones is 1. The number of aromatic amines is 1. The maximum atomic E-state index is 14.0. The number of H-pyrrole nitrogens is 1. The molecule has 1 aliphatic rings. The first-order valence-corrected chi connectivity index (χ1v) is 14.4. The number of methoxy groups -OCH3 is 1. The number of benzene rings is 3. The molecular weight excluding hydrogens is 532 g/mol. The number of carbonyl (C=O) groups is 2. The van der Waals surface area contributed by atoms with Crippen LogP contribution in [0.5, 0.6) is 5.75 Å². The highest BCUT2D eigenvalue weighted by atomic mass is 16.6. The Morgan fingerprint density at radius 1 is 1.02 bits per heavy atom. The van der Waals surface area contributed by atoms with Crippen LogP contribution in [-0.4, -0.2) is 40.8 Å². The Morgan fingerprint density at radius 3 is 2.52 bits per heavy atom. The number of Topliss-reactive ketones (excluding diaryl/α,β-unsaturated/α-hetero) is 1. The van der Waals surface area contributed by atoms with Gasteiger partial charge in [-0.05, 0) is 54.2 Å². The monoisotopic (exact) mass is 568 g/mol. The van der Waals surface area contributed by atoms with Crippen LogP contribution in [0.1, 0.15) is 54.8 Å². The molecule has 9 nitrogen and oxygen atoms in total. The SMILES string of the molecule is COc1cccc(CC(NC(C(=O)NC2CCCCC2)c2ccc([N+](=O)[O-])cc2)C(=O)Cc2c[nH]c3ccccc23)c1. The second kappa shape index (κ2) is 13.4. The molecule has 4 aromatic rings. The Kier molecular flexibility index (Phi) is 9.28. The van der Waals surface area contributed by atoms with Crippen LogP contribution in [0.15, 0.2) is 79.0 Å². The first kappa shape index (κ1) is 29.0. The molecule has 1 fully saturated rings. The predicted octanol–water partition coefficient (Wildman–Crippen LogP) is 5.59. The Balaban J connectivity index is 1.46. The van der Waals surface area contributed by atoms with Crippen LogP contribution in [0.2, 0.25) is 0 Å². The van der Waals surface area contributed by atoms with Gasteiger partial charge in [0.1, 0.15) is 11.8 Å². The summed E-state index contributed by atoms with van der Waals surface area (Å²) < 4.78 is 5.41. The minimum absolute atomic E-state index is 0.0615. The molecule has 9 heteroatoms. The van der Waals surface area contributed by atoms with Gasteiger partial charge in [0.15, 0.2) is 5.78 Å². The van der Waals surface area contributed by atoms with Gasteiger partial charge in [-0.2, -0.15) is 0 Å². The quantitative estimate of drug-likeness (QED) is 0.151. The maximum Gasteiger partial charge on any atom is 0.269 e. The van der Waals surface area contributed by atoms with Gasteiger partial charge < -0.3 is 15.0 Å². The minimum atomic E-state index is -0.879. The highest BCUT2D eigenvalue weighted by Crippen LogP contribution is 2.24. The third kappa shape index (κ3) is 7.03. The summed E-state index contributed by atoms with van der Waals surface area (Å²) >= 11 is 0. The van der Waals surface area contributed by atoms with E-state index in [1.54, 1.807) is 19.2 Å². The second-order valence-electron chi connectivity index (χ2n) is 10.9. The Labute approximate surface area is 244 Å². The number of nitro groups is 1. The number of carbonyl (C=O) groups excluding carboxylic acids is 2. The zero-order chi connectivity index (χ0) is 29.5. The summed E-state index contributed by atoms with van der Waals surface area (Å²) in [5.74, 6) is 0.364. The minimum Gasteiger partial charge on any atom is -0.497 e. The second-order valence-corrected chi connectivity index (χ2v) is 10.9. The summed E-state index contributed by atoms with van der Waals surface area (Å²) in [5, 5.41) is 18.8. The van der Waals surface area contributed by atoms with E-state index in [0.717, 1.165) is 54.1 Å². The lowest BCUT2D eigenvalue weighted by molar-refractivity contribution is -0.384. The van der Waals surface area contributed by atoms with Crippen molar-refractivity contribution in [1.29, 1.82) is 0 Å². The Hall–Kier alpha value is -4.50. The predicted molar refractivity (Wildman–Crippen MR) is 161 cm³/mol. The molecule has 2 atom stereocenters. The van der Waals surface area contributed by atoms with Crippen LogP contribution in [-0.2, 0) is 22.4 Å². The van der Waals surface area contributed by atoms with Crippen molar-refractivity contribution in [3.63, 3.8) is 0 Å². The summed E-state index contributed by atoms with van der Waals surface area (Å²) in [5.41, 5.74) is 3.21. The van der Waals surface area contributed by atoms with Gasteiger partial charge >= 0.3 is 0 Å². The molecule has 0 bridgehead atoms. The molecule has 1 aliphatic carbocycles. The fourth-order valence-electron chi connectivity index (χ4n) is 5.73. The smallest absolute Gasteiger partial charge is 0.269 e. The average Bonchev–Trinajstić information content (AvgIpc) is 3.42. The lowest BCUT2D eigenvalue weighted by Crippen LogP contribution is -2.49. The van der Waals surface area contributed by atoms with Gasteiger partial charge in [-0.3, -0.25) is 25.0 Å². The van der Waals surface area contributed by atoms with Crippen molar-refractivity contribution in [3.05, 3.63) is 106 Å². The van der Waals surface area contributed by atoms with E-state index in [-0.39, 0.29) is 29.8 Å². The molecule has 1 saturated carbocycles. The summed E-state index contributed by atoms with van der Waals surface area (Å²) in [6.07, 6.45) is 7.44. The van der Waals surface area contributed by atoms with Gasteiger partial charge in [-0.1, -0.05) is 61.7 Å². The van der Waals surface area contributed by atoms with Crippen LogP contribution >= 0.6 is 0 Å². The van der Waals surface area contributed by atoms with E-state index in [4.69, 9.17) is 4.74 Å². The maximum absolute atomic E-state index is 14.0. The van der Waals surface area contributed by atoms with Crippen LogP contribution in [0, 0.1) is 10.1 Å². The average molecular weight is 569 g/mol. The lowest BCUT2D eigenvalue weighted by atomic mass is 9.93. The van der Waals surface area contributed by atoms with E-state index in [1.807, 2.05) is 54.7 Å². The molecule has 1 heterocycles. The Morgan fingerprint density at radius 2 is 1.79 bits per heavy atom. The first-order chi connectivity index (χ1) is 20.4. The number of hydrogen-bond donors (Lipinski definition) is 3. The summed E-state index contributed by atoms with van der Waals surface area (Å²) in [4.78, 5) is 41.9. The van der Waals surface area contributed by atoms with E-state index in [0.29, 0.717) is 17.7 Å². The summed E-state index contributed by atoms with van der Waals surface area (Å²) in [6.45, 7) is 0. The number of amides is 1. The molecule has 0 saturated heterocycles. The largest absolute Gasteiger partial charge is 0.497 e. The summed E-state index contributed by atoms with van der Waals surface area (Å²) in [7, 11) is 1.59. The van der Waals surface area contributed by atoms with E-state index < -0.39 is 17.0 Å². The van der Waals surface area contributed by atoms with Gasteiger partial charge in [0.05, 0.1) is 18.1 Å². The van der Waals surface area contributed by atoms with Crippen LogP contribution in [0.3, 0.4) is 0 Å². The Bertz CT molecular complexity index is 1540. The molecule has 2 unspecified atom stereocenters. The van der Waals surface area contributed by atoms with Crippen molar-refractivity contribution in [2.75, 3.05) is 7.11 Å². The number of nitrogens with one attached hydrogen (secondary N) is 3. The van der Waals surface area contributed by atoms with Gasteiger partial charge in [0.25, 0.3) is 5.69 Å².